The van der Waals surface area contributed by atoms with Crippen LogP contribution in [0.3, 0.4) is 0 Å². The number of phosphoric acid groups is 2. The molecule has 184 valence electrons. The minimum absolute atomic E-state index is 0.941. The smallest absolute Gasteiger partial charge is 0.387 e. The maximum atomic E-state index is 10.8. The summed E-state index contributed by atoms with van der Waals surface area (Å²) < 4.78 is 45.1. The Morgan fingerprint density at radius 2 is 1.13 bits per heavy atom. The lowest BCUT2D eigenvalue weighted by atomic mass is 9.97. The van der Waals surface area contributed by atoms with Crippen LogP contribution in [0, 0.1) is 0 Å². The summed E-state index contributed by atoms with van der Waals surface area (Å²) in [6.07, 6.45) is -18.8. The van der Waals surface area contributed by atoms with Crippen LogP contribution in [0.2, 0.25) is 0 Å². The average Bonchev–Trinajstić information content (AvgIpc) is 2.64. The zero-order valence-electron chi connectivity index (χ0n) is 15.4. The van der Waals surface area contributed by atoms with E-state index in [4.69, 9.17) is 33.8 Å². The van der Waals surface area contributed by atoms with Crippen molar-refractivity contribution in [1.82, 2.24) is 0 Å². The van der Waals surface area contributed by atoms with Gasteiger partial charge in [-0.1, -0.05) is 0 Å². The van der Waals surface area contributed by atoms with Gasteiger partial charge in [0.05, 0.1) is 13.2 Å². The molecule has 31 heavy (non-hydrogen) atoms. The molecule has 0 spiro atoms. The van der Waals surface area contributed by atoms with E-state index in [0.29, 0.717) is 0 Å². The molecular formula is C12H24O17P2. The summed E-state index contributed by atoms with van der Waals surface area (Å²) in [5.74, 6) is 0. The van der Waals surface area contributed by atoms with E-state index in [2.05, 4.69) is 9.05 Å². The van der Waals surface area contributed by atoms with Crippen LogP contribution in [-0.4, -0.2) is 125 Å². The van der Waals surface area contributed by atoms with Crippen LogP contribution < -0.4 is 0 Å². The molecule has 2 fully saturated rings. The van der Waals surface area contributed by atoms with Gasteiger partial charge in [0.1, 0.15) is 48.8 Å². The normalized spacial score (nSPS) is 42.5. The van der Waals surface area contributed by atoms with Gasteiger partial charge < -0.3 is 64.4 Å². The molecule has 0 aliphatic carbocycles. The van der Waals surface area contributed by atoms with Crippen LogP contribution in [0.4, 0.5) is 0 Å². The SMILES string of the molecule is O=P(O)(O)OC[C@H]1O[C@@H](O[C@@H]2[C@@H](O)[C@H](O)O[C@H](COP(=O)(O)O)[C@H]2O)[C@H](O)[C@@H](O)[C@@H]1O. The Hall–Kier alpha value is -0.140. The number of aliphatic hydroxyl groups is 6. The van der Waals surface area contributed by atoms with E-state index in [9.17, 15) is 39.8 Å². The van der Waals surface area contributed by atoms with Gasteiger partial charge in [0.25, 0.3) is 0 Å². The van der Waals surface area contributed by atoms with Crippen LogP contribution >= 0.6 is 15.6 Å². The fraction of sp³-hybridized carbons (Fsp3) is 1.00. The molecule has 0 aromatic carbocycles. The molecule has 2 heterocycles. The Balaban J connectivity index is 2.12. The summed E-state index contributed by atoms with van der Waals surface area (Å²) >= 11 is 0. The van der Waals surface area contributed by atoms with Crippen LogP contribution in [-0.2, 0) is 32.4 Å². The first kappa shape index (κ1) is 27.1. The van der Waals surface area contributed by atoms with Gasteiger partial charge in [-0.15, -0.1) is 0 Å². The summed E-state index contributed by atoms with van der Waals surface area (Å²) in [5, 5.41) is 60.0. The van der Waals surface area contributed by atoms with Gasteiger partial charge in [-0.2, -0.15) is 0 Å². The Morgan fingerprint density at radius 3 is 1.61 bits per heavy atom. The standard InChI is InChI=1S/C12H24O17P2/c13-5-3(1-25-30(19,20)21)28-12(8(16)7(5)15)29-10-6(14)4(2-26-31(22,23)24)27-11(18)9(10)17/h3-18H,1-2H2,(H2,19,20,21)(H2,22,23,24)/t3-,4-,5-,6-,7+,8-,9-,10+,11-,12+/m1/s1. The van der Waals surface area contributed by atoms with E-state index in [1.807, 2.05) is 0 Å². The first-order chi connectivity index (χ1) is 14.1. The van der Waals surface area contributed by atoms with E-state index >= 15 is 0 Å². The van der Waals surface area contributed by atoms with Gasteiger partial charge in [0.2, 0.25) is 0 Å². The summed E-state index contributed by atoms with van der Waals surface area (Å²) in [7, 11) is -9.97. The molecule has 10 N–H and O–H groups in total. The monoisotopic (exact) mass is 502 g/mol. The topological polar surface area (TPSA) is 283 Å². The first-order valence-corrected chi connectivity index (χ1v) is 11.6. The summed E-state index contributed by atoms with van der Waals surface area (Å²) in [4.78, 5) is 35.0. The highest BCUT2D eigenvalue weighted by Gasteiger charge is 2.51. The van der Waals surface area contributed by atoms with Crippen LogP contribution in [0.5, 0.6) is 0 Å². The second-order valence-electron chi connectivity index (χ2n) is 6.73. The quantitative estimate of drug-likeness (QED) is 0.139. The number of rotatable bonds is 8. The van der Waals surface area contributed by atoms with Crippen LogP contribution in [0.25, 0.3) is 0 Å². The largest absolute Gasteiger partial charge is 0.469 e. The second-order valence-corrected chi connectivity index (χ2v) is 9.21. The molecule has 0 amide bonds. The van der Waals surface area contributed by atoms with Gasteiger partial charge in [-0.25, -0.2) is 9.13 Å². The molecular weight excluding hydrogens is 478 g/mol. The number of hydrogen-bond donors (Lipinski definition) is 10. The lowest BCUT2D eigenvalue weighted by Crippen LogP contribution is -2.64. The van der Waals surface area contributed by atoms with Gasteiger partial charge in [-0.05, 0) is 0 Å². The van der Waals surface area contributed by atoms with Crippen molar-refractivity contribution in [2.45, 2.75) is 61.4 Å². The highest BCUT2D eigenvalue weighted by molar-refractivity contribution is 7.46. The summed E-state index contributed by atoms with van der Waals surface area (Å²) in [5.41, 5.74) is 0. The predicted molar refractivity (Wildman–Crippen MR) is 90.4 cm³/mol. The highest BCUT2D eigenvalue weighted by atomic mass is 31.2. The zero-order valence-corrected chi connectivity index (χ0v) is 17.2. The van der Waals surface area contributed by atoms with Crippen molar-refractivity contribution in [3.8, 4) is 0 Å². The Morgan fingerprint density at radius 1 is 0.645 bits per heavy atom. The molecule has 2 rings (SSSR count). The van der Waals surface area contributed by atoms with Crippen molar-refractivity contribution in [1.29, 1.82) is 0 Å². The minimum Gasteiger partial charge on any atom is -0.387 e. The van der Waals surface area contributed by atoms with Gasteiger partial charge in [0.15, 0.2) is 12.6 Å². The van der Waals surface area contributed by atoms with E-state index in [1.54, 1.807) is 0 Å². The third kappa shape index (κ3) is 7.43. The molecule has 0 aromatic rings. The van der Waals surface area contributed by atoms with E-state index < -0.39 is 90.3 Å². The van der Waals surface area contributed by atoms with Crippen molar-refractivity contribution >= 4 is 15.6 Å². The van der Waals surface area contributed by atoms with Crippen LogP contribution in [0.1, 0.15) is 0 Å². The first-order valence-electron chi connectivity index (χ1n) is 8.55. The molecule has 10 atom stereocenters. The fourth-order valence-electron chi connectivity index (χ4n) is 2.88. The molecule has 0 saturated carbocycles. The lowest BCUT2D eigenvalue weighted by molar-refractivity contribution is -0.355. The Labute approximate surface area is 173 Å². The van der Waals surface area contributed by atoms with Crippen molar-refractivity contribution < 1.29 is 82.6 Å². The zero-order chi connectivity index (χ0) is 23.7. The van der Waals surface area contributed by atoms with Crippen molar-refractivity contribution in [2.75, 3.05) is 13.2 Å². The fourth-order valence-corrected chi connectivity index (χ4v) is 3.56. The lowest BCUT2D eigenvalue weighted by Gasteiger charge is -2.45. The van der Waals surface area contributed by atoms with Crippen LogP contribution in [0.15, 0.2) is 0 Å². The van der Waals surface area contributed by atoms with Gasteiger partial charge >= 0.3 is 15.6 Å². The minimum atomic E-state index is -4.99. The van der Waals surface area contributed by atoms with E-state index in [1.165, 1.54) is 0 Å². The molecule has 2 saturated heterocycles. The third-order valence-corrected chi connectivity index (χ3v) is 5.41. The maximum absolute atomic E-state index is 10.8. The van der Waals surface area contributed by atoms with Crippen molar-refractivity contribution in [2.24, 2.45) is 0 Å². The number of ether oxygens (including phenoxy) is 3. The van der Waals surface area contributed by atoms with Gasteiger partial charge in [-0.3, -0.25) is 9.05 Å². The number of hydrogen-bond acceptors (Lipinski definition) is 13. The molecule has 0 unspecified atom stereocenters. The Bertz CT molecular complexity index is 680. The molecule has 0 aromatic heterocycles. The average molecular weight is 502 g/mol. The molecule has 0 radical (unpaired) electrons. The predicted octanol–water partition coefficient (Wildman–Crippen LogP) is -5.16. The van der Waals surface area contributed by atoms with Crippen molar-refractivity contribution in [3.05, 3.63) is 0 Å². The maximum Gasteiger partial charge on any atom is 0.469 e. The Kier molecular flexibility index (Phi) is 9.11. The van der Waals surface area contributed by atoms with Crippen molar-refractivity contribution in [3.63, 3.8) is 0 Å². The third-order valence-electron chi connectivity index (χ3n) is 4.43. The molecule has 2 aliphatic heterocycles. The highest BCUT2D eigenvalue weighted by Crippen LogP contribution is 2.38. The molecule has 2 aliphatic rings. The van der Waals surface area contributed by atoms with E-state index in [-0.39, 0.29) is 0 Å². The van der Waals surface area contributed by atoms with E-state index in [0.717, 1.165) is 0 Å². The summed E-state index contributed by atoms with van der Waals surface area (Å²) in [6, 6.07) is 0. The summed E-state index contributed by atoms with van der Waals surface area (Å²) in [6.45, 7) is -1.89. The number of aliphatic hydroxyl groups excluding tert-OH is 6. The molecule has 0 bridgehead atoms. The molecule has 17 nitrogen and oxygen atoms in total. The second kappa shape index (κ2) is 10.4. The number of phosphoric ester groups is 2. The van der Waals surface area contributed by atoms with Gasteiger partial charge in [0, 0.05) is 0 Å². The molecule has 19 heteroatoms.